The molecule has 0 amide bonds. The zero-order valence-electron chi connectivity index (χ0n) is 14.8. The smallest absolute Gasteiger partial charge is 0.156 e. The van der Waals surface area contributed by atoms with Gasteiger partial charge in [-0.15, -0.1) is 0 Å². The summed E-state index contributed by atoms with van der Waals surface area (Å²) >= 11 is 0. The lowest BCUT2D eigenvalue weighted by Crippen LogP contribution is -2.76. The number of hydrogen-bond donors (Lipinski definition) is 3. The molecule has 0 radical (unpaired) electrons. The third-order valence-corrected chi connectivity index (χ3v) is 6.68. The molecule has 25 heavy (non-hydrogen) atoms. The average Bonchev–Trinajstić information content (AvgIpc) is 2.69. The maximum atomic E-state index is 6.15. The number of allylic oxidation sites excluding steroid dienone is 1. The fourth-order valence-corrected chi connectivity index (χ4v) is 5.31. The Balaban J connectivity index is 1.42. The van der Waals surface area contributed by atoms with Crippen molar-refractivity contribution >= 4 is 12.1 Å². The molecule has 0 aromatic heterocycles. The topological polar surface area (TPSA) is 81.3 Å². The van der Waals surface area contributed by atoms with Gasteiger partial charge in [-0.2, -0.15) is 0 Å². The number of amidine groups is 1. The predicted octanol–water partition coefficient (Wildman–Crippen LogP) is -0.488. The minimum atomic E-state index is -0.111. The Bertz CT molecular complexity index is 605. The Labute approximate surface area is 149 Å². The molecule has 2 unspecified atom stereocenters. The normalized spacial score (nSPS) is 42.0. The van der Waals surface area contributed by atoms with Crippen molar-refractivity contribution in [1.82, 2.24) is 20.4 Å². The van der Waals surface area contributed by atoms with E-state index in [1.807, 2.05) is 6.21 Å². The van der Waals surface area contributed by atoms with Gasteiger partial charge in [0.1, 0.15) is 5.54 Å². The molecule has 2 saturated heterocycles. The third-order valence-electron chi connectivity index (χ3n) is 6.68. The van der Waals surface area contributed by atoms with Crippen LogP contribution in [0.3, 0.4) is 0 Å². The first-order valence-electron chi connectivity index (χ1n) is 9.82. The molecule has 4 heterocycles. The molecule has 0 aromatic rings. The predicted molar refractivity (Wildman–Crippen MR) is 99.9 cm³/mol. The molecule has 1 spiro atoms. The largest absolute Gasteiger partial charge is 0.328 e. The second-order valence-corrected chi connectivity index (χ2v) is 7.99. The third kappa shape index (κ3) is 2.44. The van der Waals surface area contributed by atoms with E-state index in [0.717, 1.165) is 57.9 Å². The van der Waals surface area contributed by atoms with Gasteiger partial charge in [0.25, 0.3) is 0 Å². The second kappa shape index (κ2) is 6.25. The number of piperazine rings is 2. The fourth-order valence-electron chi connectivity index (χ4n) is 5.31. The van der Waals surface area contributed by atoms with Crippen molar-refractivity contribution in [3.05, 3.63) is 11.8 Å². The second-order valence-electron chi connectivity index (χ2n) is 7.99. The number of nitrogens with two attached hydrogens (primary N) is 1. The summed E-state index contributed by atoms with van der Waals surface area (Å²) in [5.41, 5.74) is 7.22. The molecule has 4 aliphatic heterocycles. The highest BCUT2D eigenvalue weighted by Crippen LogP contribution is 2.41. The highest BCUT2D eigenvalue weighted by atomic mass is 15.5. The van der Waals surface area contributed by atoms with Crippen LogP contribution in [0, 0.1) is 0 Å². The molecule has 4 N–H and O–H groups in total. The van der Waals surface area contributed by atoms with Gasteiger partial charge in [0.15, 0.2) is 5.84 Å². The van der Waals surface area contributed by atoms with E-state index in [1.165, 1.54) is 18.5 Å². The van der Waals surface area contributed by atoms with Crippen LogP contribution in [-0.4, -0.2) is 84.9 Å². The van der Waals surface area contributed by atoms with Crippen LogP contribution in [0.5, 0.6) is 0 Å². The van der Waals surface area contributed by atoms with Gasteiger partial charge in [-0.25, -0.2) is 9.98 Å². The number of rotatable bonds is 2. The minimum absolute atomic E-state index is 0.111. The van der Waals surface area contributed by atoms with Crippen molar-refractivity contribution < 1.29 is 0 Å². The molecule has 7 heteroatoms. The van der Waals surface area contributed by atoms with E-state index in [2.05, 4.69) is 36.5 Å². The Kier molecular flexibility index (Phi) is 4.02. The summed E-state index contributed by atoms with van der Waals surface area (Å²) in [6.45, 7) is 6.23. The fraction of sp³-hybridized carbons (Fsp3) is 0.778. The van der Waals surface area contributed by atoms with Gasteiger partial charge >= 0.3 is 0 Å². The van der Waals surface area contributed by atoms with E-state index < -0.39 is 0 Å². The van der Waals surface area contributed by atoms with Crippen molar-refractivity contribution in [3.8, 4) is 0 Å². The molecule has 5 rings (SSSR count). The summed E-state index contributed by atoms with van der Waals surface area (Å²) < 4.78 is 0. The Morgan fingerprint density at radius 1 is 1.12 bits per heavy atom. The van der Waals surface area contributed by atoms with Crippen LogP contribution in [0.15, 0.2) is 21.8 Å². The van der Waals surface area contributed by atoms with Gasteiger partial charge < -0.3 is 16.4 Å². The highest BCUT2D eigenvalue weighted by Gasteiger charge is 2.57. The summed E-state index contributed by atoms with van der Waals surface area (Å²) in [6.07, 6.45) is 9.20. The van der Waals surface area contributed by atoms with Gasteiger partial charge in [0.2, 0.25) is 0 Å². The SMILES string of the molecule is NC1CCC(N2CCNCC2N2CCNCC23c2ccnc3n2)CC1. The van der Waals surface area contributed by atoms with Crippen LogP contribution >= 0.6 is 0 Å². The lowest BCUT2D eigenvalue weighted by atomic mass is 9.81. The van der Waals surface area contributed by atoms with Gasteiger partial charge in [-0.3, -0.25) is 9.80 Å². The number of nitrogens with zero attached hydrogens (tertiary/aromatic N) is 4. The van der Waals surface area contributed by atoms with Gasteiger partial charge in [-0.05, 0) is 31.8 Å². The summed E-state index contributed by atoms with van der Waals surface area (Å²) in [7, 11) is 0. The van der Waals surface area contributed by atoms with Crippen LogP contribution in [-0.2, 0) is 0 Å². The Hall–Kier alpha value is -1.12. The summed E-state index contributed by atoms with van der Waals surface area (Å²) in [6, 6.07) is 1.07. The van der Waals surface area contributed by atoms with Crippen LogP contribution in [0.25, 0.3) is 0 Å². The molecule has 2 bridgehead atoms. The number of aliphatic imine (C=N–C) groups is 2. The van der Waals surface area contributed by atoms with E-state index >= 15 is 0 Å². The van der Waals surface area contributed by atoms with E-state index in [-0.39, 0.29) is 5.54 Å². The summed E-state index contributed by atoms with van der Waals surface area (Å²) in [4.78, 5) is 14.6. The Morgan fingerprint density at radius 3 is 2.72 bits per heavy atom. The van der Waals surface area contributed by atoms with Crippen molar-refractivity contribution in [2.75, 3.05) is 39.3 Å². The quantitative estimate of drug-likeness (QED) is 0.631. The van der Waals surface area contributed by atoms with Crippen LogP contribution in [0.4, 0.5) is 0 Å². The molecule has 1 aliphatic carbocycles. The van der Waals surface area contributed by atoms with Gasteiger partial charge in [-0.1, -0.05) is 0 Å². The first-order valence-corrected chi connectivity index (χ1v) is 9.82. The highest BCUT2D eigenvalue weighted by molar-refractivity contribution is 6.10. The summed E-state index contributed by atoms with van der Waals surface area (Å²) in [5.74, 6) is 0.994. The van der Waals surface area contributed by atoms with Crippen LogP contribution < -0.4 is 16.4 Å². The molecule has 5 aliphatic rings. The zero-order chi connectivity index (χ0) is 16.9. The molecule has 136 valence electrons. The molecular formula is C18H29N7. The lowest BCUT2D eigenvalue weighted by Gasteiger charge is -2.58. The minimum Gasteiger partial charge on any atom is -0.328 e. The number of hydrogen-bond acceptors (Lipinski definition) is 7. The summed E-state index contributed by atoms with van der Waals surface area (Å²) in [5, 5.41) is 7.22. The maximum absolute atomic E-state index is 6.15. The standard InChI is InChI=1S/C18H29N7/c19-13-1-3-14(4-2-13)24-9-7-20-11-16(24)25-10-8-21-12-18(25)15-5-6-22-17(18)23-15/h5-6,13-14,16,20-21H,1-4,7-12,19H2. The van der Waals surface area contributed by atoms with Crippen molar-refractivity contribution in [2.45, 2.75) is 49.5 Å². The van der Waals surface area contributed by atoms with E-state index in [4.69, 9.17) is 5.73 Å². The van der Waals surface area contributed by atoms with Crippen LogP contribution in [0.1, 0.15) is 25.7 Å². The molecular weight excluding hydrogens is 314 g/mol. The molecule has 7 nitrogen and oxygen atoms in total. The first kappa shape index (κ1) is 16.1. The first-order chi connectivity index (χ1) is 12.3. The molecule has 0 aromatic carbocycles. The average molecular weight is 343 g/mol. The molecule has 3 fully saturated rings. The van der Waals surface area contributed by atoms with Gasteiger partial charge in [0.05, 0.1) is 11.9 Å². The Morgan fingerprint density at radius 2 is 1.96 bits per heavy atom. The number of dihydropyridines is 1. The van der Waals surface area contributed by atoms with Gasteiger partial charge in [0, 0.05) is 57.6 Å². The molecule has 1 saturated carbocycles. The van der Waals surface area contributed by atoms with E-state index in [9.17, 15) is 0 Å². The maximum Gasteiger partial charge on any atom is 0.156 e. The monoisotopic (exact) mass is 343 g/mol. The molecule has 2 atom stereocenters. The number of nitrogens with one attached hydrogen (secondary N) is 2. The van der Waals surface area contributed by atoms with Crippen molar-refractivity contribution in [2.24, 2.45) is 15.7 Å². The van der Waals surface area contributed by atoms with Crippen molar-refractivity contribution in [1.29, 1.82) is 0 Å². The van der Waals surface area contributed by atoms with E-state index in [0.29, 0.717) is 18.2 Å². The zero-order valence-corrected chi connectivity index (χ0v) is 14.8. The van der Waals surface area contributed by atoms with Crippen LogP contribution in [0.2, 0.25) is 0 Å². The lowest BCUT2D eigenvalue weighted by molar-refractivity contribution is -0.0548. The van der Waals surface area contributed by atoms with E-state index in [1.54, 1.807) is 0 Å². The van der Waals surface area contributed by atoms with Crippen molar-refractivity contribution in [3.63, 3.8) is 0 Å².